The van der Waals surface area contributed by atoms with Crippen LogP contribution < -0.4 is 20.2 Å². The number of fused-ring (bicyclic) bond motifs is 1. The van der Waals surface area contributed by atoms with Gasteiger partial charge in [0.15, 0.2) is 4.80 Å². The van der Waals surface area contributed by atoms with E-state index < -0.39 is 6.04 Å². The number of carbonyl (C=O) groups is 1. The number of aryl methyl sites for hydroxylation is 2. The lowest BCUT2D eigenvalue weighted by atomic mass is 9.95. The van der Waals surface area contributed by atoms with E-state index in [1.54, 1.807) is 10.8 Å². The van der Waals surface area contributed by atoms with E-state index >= 15 is 0 Å². The number of allylic oxidation sites excluding steroid dienone is 1. The minimum absolute atomic E-state index is 0.176. The lowest BCUT2D eigenvalue weighted by molar-refractivity contribution is -0.113. The van der Waals surface area contributed by atoms with Gasteiger partial charge in [-0.2, -0.15) is 5.10 Å². The average Bonchev–Trinajstić information content (AvgIpc) is 3.38. The van der Waals surface area contributed by atoms with Crippen LogP contribution in [-0.2, 0) is 11.3 Å². The van der Waals surface area contributed by atoms with Crippen LogP contribution in [0.3, 0.4) is 0 Å². The summed E-state index contributed by atoms with van der Waals surface area (Å²) in [6, 6.07) is 16.7. The van der Waals surface area contributed by atoms with Crippen molar-refractivity contribution in [3.05, 3.63) is 114 Å². The molecule has 0 saturated heterocycles. The first-order valence-electron chi connectivity index (χ1n) is 11.9. The van der Waals surface area contributed by atoms with Crippen molar-refractivity contribution in [2.24, 2.45) is 4.99 Å². The second-order valence-electron chi connectivity index (χ2n) is 8.76. The molecule has 0 aliphatic carbocycles. The fourth-order valence-electron chi connectivity index (χ4n) is 4.53. The Balaban J connectivity index is 1.67. The highest BCUT2D eigenvalue weighted by molar-refractivity contribution is 7.07. The molecule has 182 valence electrons. The fraction of sp³-hybridized carbons (Fsp3) is 0.214. The quantitative estimate of drug-likeness (QED) is 0.457. The summed E-state index contributed by atoms with van der Waals surface area (Å²) in [6.07, 6.45) is 3.64. The Labute approximate surface area is 212 Å². The summed E-state index contributed by atoms with van der Waals surface area (Å²) in [4.78, 5) is 32.7. The Bertz CT molecular complexity index is 1670. The molecular formula is C28H27N5O2S. The third-order valence-electron chi connectivity index (χ3n) is 6.50. The van der Waals surface area contributed by atoms with E-state index in [2.05, 4.69) is 10.4 Å². The predicted molar refractivity (Wildman–Crippen MR) is 143 cm³/mol. The van der Waals surface area contributed by atoms with Crippen LogP contribution in [0.4, 0.5) is 5.69 Å². The highest BCUT2D eigenvalue weighted by atomic mass is 32.1. The van der Waals surface area contributed by atoms with Crippen LogP contribution in [0, 0.1) is 13.8 Å². The van der Waals surface area contributed by atoms with Crippen molar-refractivity contribution < 1.29 is 4.79 Å². The summed E-state index contributed by atoms with van der Waals surface area (Å²) in [5.41, 5.74) is 5.31. The Kier molecular flexibility index (Phi) is 6.28. The van der Waals surface area contributed by atoms with Crippen molar-refractivity contribution in [3.8, 4) is 0 Å². The topological polar surface area (TPSA) is 81.3 Å². The second-order valence-corrected chi connectivity index (χ2v) is 9.77. The highest BCUT2D eigenvalue weighted by Crippen LogP contribution is 2.31. The number of carbonyl (C=O) groups excluding carboxylic acids is 1. The predicted octanol–water partition coefficient (Wildman–Crippen LogP) is 3.71. The van der Waals surface area contributed by atoms with Gasteiger partial charge in [-0.15, -0.1) is 0 Å². The average molecular weight is 498 g/mol. The molecule has 0 radical (unpaired) electrons. The van der Waals surface area contributed by atoms with Crippen LogP contribution >= 0.6 is 11.3 Å². The van der Waals surface area contributed by atoms with Gasteiger partial charge in [-0.1, -0.05) is 59.9 Å². The Morgan fingerprint density at radius 1 is 1.08 bits per heavy atom. The second kappa shape index (κ2) is 9.54. The molecule has 0 bridgehead atoms. The number of para-hydroxylation sites is 1. The maximum atomic E-state index is 13.8. The SMILES string of the molecule is CCn1ncc(C=c2sc3n(c2=O)[C@@H](c2ccccc2)C(C(=O)Nc2ccccc2C)=C(C)N=3)c1C. The molecular weight excluding hydrogens is 470 g/mol. The molecule has 0 saturated carbocycles. The number of anilines is 1. The van der Waals surface area contributed by atoms with E-state index in [9.17, 15) is 9.59 Å². The van der Waals surface area contributed by atoms with E-state index in [0.29, 0.717) is 20.6 Å². The largest absolute Gasteiger partial charge is 0.322 e. The van der Waals surface area contributed by atoms with Crippen molar-refractivity contribution in [2.45, 2.75) is 40.3 Å². The summed E-state index contributed by atoms with van der Waals surface area (Å²) in [5, 5.41) is 7.43. The number of nitrogens with zero attached hydrogens (tertiary/aromatic N) is 4. The molecule has 1 amide bonds. The van der Waals surface area contributed by atoms with Gasteiger partial charge >= 0.3 is 0 Å². The first kappa shape index (κ1) is 23.7. The third kappa shape index (κ3) is 4.13. The van der Waals surface area contributed by atoms with Gasteiger partial charge in [0.05, 0.1) is 28.0 Å². The van der Waals surface area contributed by atoms with Gasteiger partial charge < -0.3 is 5.32 Å². The summed E-state index contributed by atoms with van der Waals surface area (Å²) in [5.74, 6) is -0.270. The molecule has 5 rings (SSSR count). The minimum Gasteiger partial charge on any atom is -0.322 e. The molecule has 8 heteroatoms. The van der Waals surface area contributed by atoms with E-state index in [0.717, 1.165) is 34.6 Å². The van der Waals surface area contributed by atoms with Crippen LogP contribution in [0.25, 0.3) is 6.08 Å². The summed E-state index contributed by atoms with van der Waals surface area (Å²) in [7, 11) is 0. The highest BCUT2D eigenvalue weighted by Gasteiger charge is 2.32. The van der Waals surface area contributed by atoms with Crippen molar-refractivity contribution in [3.63, 3.8) is 0 Å². The number of rotatable bonds is 5. The van der Waals surface area contributed by atoms with E-state index in [-0.39, 0.29) is 11.5 Å². The Hall–Kier alpha value is -4.04. The number of benzene rings is 2. The van der Waals surface area contributed by atoms with Crippen LogP contribution in [0.5, 0.6) is 0 Å². The zero-order chi connectivity index (χ0) is 25.4. The van der Waals surface area contributed by atoms with E-state index in [1.165, 1.54) is 11.3 Å². The molecule has 3 heterocycles. The summed E-state index contributed by atoms with van der Waals surface area (Å²) < 4.78 is 4.10. The van der Waals surface area contributed by atoms with Gasteiger partial charge in [0, 0.05) is 23.5 Å². The molecule has 0 unspecified atom stereocenters. The molecule has 7 nitrogen and oxygen atoms in total. The zero-order valence-corrected chi connectivity index (χ0v) is 21.5. The Morgan fingerprint density at radius 3 is 2.50 bits per heavy atom. The first-order chi connectivity index (χ1) is 17.4. The molecule has 2 aromatic heterocycles. The smallest absolute Gasteiger partial charge is 0.271 e. The molecule has 1 atom stereocenters. The number of thiazole rings is 1. The standard InChI is InChI=1S/C28H27N5O2S/c1-5-32-19(4)21(16-29-32)15-23-27(35)33-25(20-12-7-6-8-13-20)24(18(3)30-28(33)36-23)26(34)31-22-14-10-9-11-17(22)2/h6-16,25H,5H2,1-4H3,(H,31,34)/t25-/m0/s1. The van der Waals surface area contributed by atoms with Crippen LogP contribution in [-0.4, -0.2) is 20.3 Å². The number of aromatic nitrogens is 3. The van der Waals surface area contributed by atoms with Crippen LogP contribution in [0.15, 0.2) is 81.9 Å². The first-order valence-corrected chi connectivity index (χ1v) is 12.7. The number of hydrogen-bond acceptors (Lipinski definition) is 5. The van der Waals surface area contributed by atoms with Gasteiger partial charge in [-0.3, -0.25) is 18.8 Å². The minimum atomic E-state index is -0.590. The lowest BCUT2D eigenvalue weighted by Crippen LogP contribution is -2.40. The molecule has 1 aliphatic heterocycles. The zero-order valence-electron chi connectivity index (χ0n) is 20.6. The molecule has 2 aromatic carbocycles. The number of nitrogens with one attached hydrogen (secondary N) is 1. The van der Waals surface area contributed by atoms with Crippen LogP contribution in [0.1, 0.15) is 42.3 Å². The fourth-order valence-corrected chi connectivity index (χ4v) is 5.57. The van der Waals surface area contributed by atoms with Crippen molar-refractivity contribution in [1.82, 2.24) is 14.3 Å². The van der Waals surface area contributed by atoms with Crippen molar-refractivity contribution in [1.29, 1.82) is 0 Å². The number of hydrogen-bond donors (Lipinski definition) is 1. The van der Waals surface area contributed by atoms with Gasteiger partial charge in [0.2, 0.25) is 0 Å². The third-order valence-corrected chi connectivity index (χ3v) is 7.49. The molecule has 36 heavy (non-hydrogen) atoms. The van der Waals surface area contributed by atoms with Crippen LogP contribution in [0.2, 0.25) is 0 Å². The maximum Gasteiger partial charge on any atom is 0.271 e. The lowest BCUT2D eigenvalue weighted by Gasteiger charge is -2.25. The van der Waals surface area contributed by atoms with Gasteiger partial charge in [-0.05, 0) is 51.0 Å². The molecule has 0 fully saturated rings. The molecule has 1 N–H and O–H groups in total. The van der Waals surface area contributed by atoms with E-state index in [1.807, 2.05) is 93.1 Å². The maximum absolute atomic E-state index is 13.8. The van der Waals surface area contributed by atoms with Gasteiger partial charge in [0.25, 0.3) is 11.5 Å². The summed E-state index contributed by atoms with van der Waals surface area (Å²) >= 11 is 1.33. The van der Waals surface area contributed by atoms with Crippen molar-refractivity contribution >= 4 is 29.0 Å². The van der Waals surface area contributed by atoms with E-state index in [4.69, 9.17) is 4.99 Å². The number of amides is 1. The monoisotopic (exact) mass is 497 g/mol. The molecule has 0 spiro atoms. The van der Waals surface area contributed by atoms with Gasteiger partial charge in [-0.25, -0.2) is 4.99 Å². The van der Waals surface area contributed by atoms with Crippen molar-refractivity contribution in [2.75, 3.05) is 5.32 Å². The summed E-state index contributed by atoms with van der Waals surface area (Å²) in [6.45, 7) is 8.56. The molecule has 1 aliphatic rings. The van der Waals surface area contributed by atoms with Gasteiger partial charge in [0.1, 0.15) is 0 Å². The Morgan fingerprint density at radius 2 is 1.81 bits per heavy atom. The molecule has 4 aromatic rings. The normalized spacial score (nSPS) is 15.6.